The van der Waals surface area contributed by atoms with E-state index in [1.54, 1.807) is 11.8 Å². The van der Waals surface area contributed by atoms with E-state index in [1.807, 2.05) is 6.08 Å². The zero-order chi connectivity index (χ0) is 19.4. The van der Waals surface area contributed by atoms with Crippen LogP contribution in [0.4, 0.5) is 0 Å². The zero-order valence-corrected chi connectivity index (χ0v) is 17.3. The van der Waals surface area contributed by atoms with E-state index in [9.17, 15) is 14.7 Å². The lowest BCUT2D eigenvalue weighted by Crippen LogP contribution is -2.52. The molecule has 0 aliphatic heterocycles. The molecule has 3 saturated carbocycles. The lowest BCUT2D eigenvalue weighted by molar-refractivity contribution is -0.136. The number of hydrogen-bond acceptors (Lipinski definition) is 4. The molecule has 150 valence electrons. The molecular weight excluding hydrogens is 360 g/mol. The second-order valence-corrected chi connectivity index (χ2v) is 11.1. The van der Waals surface area contributed by atoms with Gasteiger partial charge in [0.2, 0.25) is 0 Å². The molecule has 27 heavy (non-hydrogen) atoms. The van der Waals surface area contributed by atoms with Crippen LogP contribution in [0.15, 0.2) is 11.6 Å². The van der Waals surface area contributed by atoms with Crippen LogP contribution < -0.4 is 0 Å². The van der Waals surface area contributed by atoms with Gasteiger partial charge in [-0.2, -0.15) is 11.8 Å². The number of thioether (sulfide) groups is 1. The maximum atomic E-state index is 12.0. The number of ketones is 1. The summed E-state index contributed by atoms with van der Waals surface area (Å²) in [6.45, 7) is 4.65. The number of carbonyl (C=O) groups is 2. The van der Waals surface area contributed by atoms with Crippen LogP contribution in [0.25, 0.3) is 0 Å². The molecule has 2 N–H and O–H groups in total. The van der Waals surface area contributed by atoms with Crippen molar-refractivity contribution < 1.29 is 19.8 Å². The van der Waals surface area contributed by atoms with Crippen molar-refractivity contribution in [3.8, 4) is 0 Å². The summed E-state index contributed by atoms with van der Waals surface area (Å²) in [4.78, 5) is 22.9. The topological polar surface area (TPSA) is 74.6 Å². The fourth-order valence-corrected chi connectivity index (χ4v) is 8.66. The Morgan fingerprint density at radius 1 is 1.26 bits per heavy atom. The first-order valence-corrected chi connectivity index (χ1v) is 11.6. The fourth-order valence-electron chi connectivity index (χ4n) is 7.03. The number of carboxylic acids is 1. The van der Waals surface area contributed by atoms with Crippen LogP contribution in [0.3, 0.4) is 0 Å². The summed E-state index contributed by atoms with van der Waals surface area (Å²) < 4.78 is 0. The van der Waals surface area contributed by atoms with E-state index < -0.39 is 5.97 Å². The Hall–Kier alpha value is -0.810. The van der Waals surface area contributed by atoms with E-state index >= 15 is 0 Å². The summed E-state index contributed by atoms with van der Waals surface area (Å²) in [5.74, 6) is 1.82. The second kappa shape index (κ2) is 6.91. The van der Waals surface area contributed by atoms with E-state index in [0.29, 0.717) is 41.0 Å². The van der Waals surface area contributed by atoms with E-state index in [1.165, 1.54) is 5.57 Å². The van der Waals surface area contributed by atoms with Crippen molar-refractivity contribution in [1.82, 2.24) is 0 Å². The first-order chi connectivity index (χ1) is 12.8. The van der Waals surface area contributed by atoms with Gasteiger partial charge in [-0.25, -0.2) is 0 Å². The molecule has 0 heterocycles. The number of rotatable bonds is 4. The molecule has 0 radical (unpaired) electrons. The maximum Gasteiger partial charge on any atom is 0.304 e. The first kappa shape index (κ1) is 19.5. The van der Waals surface area contributed by atoms with Gasteiger partial charge in [-0.05, 0) is 73.2 Å². The standard InChI is InChI=1S/C22H32O4S/c1-21-8-5-14(23)11-13(21)3-4-15-16(21)6-9-22(2)18(24)12-17(20(15)22)27-10-7-19(25)26/h11,15-18,20,24H,3-10,12H2,1-2H3,(H,25,26)/t15?,16?,17?,18-,20?,21-,22+/m0/s1. The molecule has 4 rings (SSSR count). The van der Waals surface area contributed by atoms with Gasteiger partial charge in [-0.3, -0.25) is 9.59 Å². The Balaban J connectivity index is 1.60. The minimum Gasteiger partial charge on any atom is -0.481 e. The third-order valence-corrected chi connectivity index (χ3v) is 9.88. The van der Waals surface area contributed by atoms with Gasteiger partial charge in [-0.1, -0.05) is 19.4 Å². The highest BCUT2D eigenvalue weighted by atomic mass is 32.2. The predicted octanol–water partition coefficient (Wildman–Crippen LogP) is 4.07. The van der Waals surface area contributed by atoms with Crippen LogP contribution >= 0.6 is 11.8 Å². The Morgan fingerprint density at radius 3 is 2.78 bits per heavy atom. The molecule has 0 aromatic rings. The maximum absolute atomic E-state index is 12.0. The van der Waals surface area contributed by atoms with E-state index in [0.717, 1.165) is 38.5 Å². The average molecular weight is 393 g/mol. The summed E-state index contributed by atoms with van der Waals surface area (Å²) in [5.41, 5.74) is 1.48. The molecule has 0 aromatic carbocycles. The summed E-state index contributed by atoms with van der Waals surface area (Å²) in [6, 6.07) is 0. The molecule has 3 fully saturated rings. The van der Waals surface area contributed by atoms with Crippen molar-refractivity contribution in [1.29, 1.82) is 0 Å². The van der Waals surface area contributed by atoms with Crippen molar-refractivity contribution in [3.63, 3.8) is 0 Å². The number of allylic oxidation sites excluding steroid dienone is 1. The lowest BCUT2D eigenvalue weighted by Gasteiger charge is -2.58. The molecule has 0 aromatic heterocycles. The minimum atomic E-state index is -0.739. The minimum absolute atomic E-state index is 0.0376. The zero-order valence-electron chi connectivity index (χ0n) is 16.4. The smallest absolute Gasteiger partial charge is 0.304 e. The van der Waals surface area contributed by atoms with Gasteiger partial charge in [0.25, 0.3) is 0 Å². The second-order valence-electron chi connectivity index (χ2n) is 9.74. The molecule has 0 spiro atoms. The molecular formula is C22H32O4S. The van der Waals surface area contributed by atoms with Crippen LogP contribution in [-0.2, 0) is 9.59 Å². The van der Waals surface area contributed by atoms with Crippen molar-refractivity contribution in [2.24, 2.45) is 28.6 Å². The van der Waals surface area contributed by atoms with Gasteiger partial charge in [0.05, 0.1) is 12.5 Å². The van der Waals surface area contributed by atoms with Gasteiger partial charge in [-0.15, -0.1) is 0 Å². The molecule has 0 amide bonds. The molecule has 4 aliphatic rings. The number of carboxylic acid groups (broad SMARTS) is 1. The predicted molar refractivity (Wildman–Crippen MR) is 107 cm³/mol. The van der Waals surface area contributed by atoms with Gasteiger partial charge >= 0.3 is 5.97 Å². The van der Waals surface area contributed by atoms with Crippen LogP contribution in [-0.4, -0.2) is 39.1 Å². The number of aliphatic carboxylic acids is 1. The van der Waals surface area contributed by atoms with Crippen molar-refractivity contribution >= 4 is 23.5 Å². The SMILES string of the molecule is C[C@]12CCC(=O)C=C1CCC1C2CC[C@@]2(C)C1C(SCCC(=O)O)C[C@@H]2O. The molecule has 0 saturated heterocycles. The van der Waals surface area contributed by atoms with Crippen molar-refractivity contribution in [2.75, 3.05) is 5.75 Å². The molecule has 5 heteroatoms. The molecule has 4 unspecified atom stereocenters. The molecule has 4 nitrogen and oxygen atoms in total. The summed E-state index contributed by atoms with van der Waals surface area (Å²) in [5, 5.41) is 20.3. The summed E-state index contributed by atoms with van der Waals surface area (Å²) in [6.07, 6.45) is 8.62. The first-order valence-electron chi connectivity index (χ1n) is 10.5. The monoisotopic (exact) mass is 392 g/mol. The van der Waals surface area contributed by atoms with Crippen LogP contribution in [0.2, 0.25) is 0 Å². The van der Waals surface area contributed by atoms with Crippen molar-refractivity contribution in [2.45, 2.75) is 76.6 Å². The van der Waals surface area contributed by atoms with Gasteiger partial charge in [0.1, 0.15) is 0 Å². The highest BCUT2D eigenvalue weighted by molar-refractivity contribution is 7.99. The van der Waals surface area contributed by atoms with E-state index in [4.69, 9.17) is 5.11 Å². The van der Waals surface area contributed by atoms with Gasteiger partial charge in [0.15, 0.2) is 5.78 Å². The molecule has 0 bridgehead atoms. The molecule has 4 aliphatic carbocycles. The van der Waals surface area contributed by atoms with Crippen molar-refractivity contribution in [3.05, 3.63) is 11.6 Å². The average Bonchev–Trinajstić information content (AvgIpc) is 2.86. The Labute approximate surface area is 166 Å². The number of fused-ring (bicyclic) bond motifs is 5. The Morgan fingerprint density at radius 2 is 2.04 bits per heavy atom. The van der Waals surface area contributed by atoms with Crippen LogP contribution in [0, 0.1) is 28.6 Å². The quantitative estimate of drug-likeness (QED) is 0.754. The van der Waals surface area contributed by atoms with E-state index in [2.05, 4.69) is 13.8 Å². The fraction of sp³-hybridized carbons (Fsp3) is 0.818. The van der Waals surface area contributed by atoms with Gasteiger partial charge in [0, 0.05) is 17.4 Å². The highest BCUT2D eigenvalue weighted by Crippen LogP contribution is 2.66. The largest absolute Gasteiger partial charge is 0.481 e. The van der Waals surface area contributed by atoms with Gasteiger partial charge < -0.3 is 10.2 Å². The number of hydrogen-bond donors (Lipinski definition) is 2. The van der Waals surface area contributed by atoms with E-state index in [-0.39, 0.29) is 23.4 Å². The van der Waals surface area contributed by atoms with Crippen LogP contribution in [0.5, 0.6) is 0 Å². The Bertz CT molecular complexity index is 673. The highest BCUT2D eigenvalue weighted by Gasteiger charge is 2.61. The summed E-state index contributed by atoms with van der Waals surface area (Å²) >= 11 is 1.78. The summed E-state index contributed by atoms with van der Waals surface area (Å²) in [7, 11) is 0. The number of aliphatic hydroxyl groups excluding tert-OH is 1. The Kier molecular flexibility index (Phi) is 4.99. The lowest BCUT2D eigenvalue weighted by atomic mass is 9.47. The number of carbonyl (C=O) groups excluding carboxylic acids is 1. The third kappa shape index (κ3) is 3.09. The number of aliphatic hydroxyl groups is 1. The van der Waals surface area contributed by atoms with Crippen LogP contribution in [0.1, 0.15) is 65.2 Å². The normalized spacial score (nSPS) is 46.3. The third-order valence-electron chi connectivity index (χ3n) is 8.52. The molecule has 7 atom stereocenters.